The fourth-order valence-electron chi connectivity index (χ4n) is 1.93. The zero-order valence-electron chi connectivity index (χ0n) is 11.8. The molecule has 6 nitrogen and oxygen atoms in total. The Morgan fingerprint density at radius 2 is 2.00 bits per heavy atom. The zero-order valence-corrected chi connectivity index (χ0v) is 12.6. The van der Waals surface area contributed by atoms with Gasteiger partial charge in [-0.2, -0.15) is 4.98 Å². The second kappa shape index (κ2) is 6.82. The minimum Gasteiger partial charge on any atom is -0.387 e. The molecule has 0 aliphatic carbocycles. The van der Waals surface area contributed by atoms with E-state index in [0.29, 0.717) is 17.8 Å². The van der Waals surface area contributed by atoms with Crippen molar-refractivity contribution in [2.75, 3.05) is 5.75 Å². The molecule has 7 heteroatoms. The molecule has 0 saturated heterocycles. The Hall–Kier alpha value is -1.73. The Bertz CT molecular complexity index is 667. The molecule has 0 unspecified atom stereocenters. The summed E-state index contributed by atoms with van der Waals surface area (Å²) in [6.07, 6.45) is 0.448. The maximum absolute atomic E-state index is 12.1. The molecule has 0 radical (unpaired) electrons. The normalized spacial score (nSPS) is 13.2. The molecule has 0 saturated carbocycles. The fourth-order valence-corrected chi connectivity index (χ4v) is 3.22. The number of aromatic nitrogens is 2. The quantitative estimate of drug-likeness (QED) is 0.836. The number of benzene rings is 1. The van der Waals surface area contributed by atoms with E-state index >= 15 is 0 Å². The highest BCUT2D eigenvalue weighted by Gasteiger charge is 2.22. The molecular weight excluding hydrogens is 292 g/mol. The van der Waals surface area contributed by atoms with E-state index in [1.54, 1.807) is 30.3 Å². The van der Waals surface area contributed by atoms with Crippen molar-refractivity contribution in [1.29, 1.82) is 0 Å². The SMILES string of the molecule is CCCc1noc(CS(=O)(=O)C[C@H](O)c2ccccc2)n1. The van der Waals surface area contributed by atoms with Crippen molar-refractivity contribution < 1.29 is 18.0 Å². The highest BCUT2D eigenvalue weighted by molar-refractivity contribution is 7.90. The smallest absolute Gasteiger partial charge is 0.241 e. The van der Waals surface area contributed by atoms with Crippen LogP contribution in [0, 0.1) is 0 Å². The molecule has 0 fully saturated rings. The third-order valence-electron chi connectivity index (χ3n) is 2.92. The minimum atomic E-state index is -3.53. The van der Waals surface area contributed by atoms with Crippen LogP contribution in [-0.2, 0) is 22.0 Å². The Kier molecular flexibility index (Phi) is 5.08. The second-order valence-corrected chi connectivity index (χ2v) is 6.94. The standard InChI is InChI=1S/C14H18N2O4S/c1-2-6-13-15-14(20-16-13)10-21(18,19)9-12(17)11-7-4-3-5-8-11/h3-5,7-8,12,17H,2,6,9-10H2,1H3/t12-/m0/s1. The first-order chi connectivity index (χ1) is 10.00. The van der Waals surface area contributed by atoms with Gasteiger partial charge in [0.1, 0.15) is 5.75 Å². The Morgan fingerprint density at radius 1 is 1.29 bits per heavy atom. The van der Waals surface area contributed by atoms with Crippen LogP contribution < -0.4 is 0 Å². The summed E-state index contributed by atoms with van der Waals surface area (Å²) >= 11 is 0. The molecule has 1 N–H and O–H groups in total. The number of aliphatic hydroxyl groups excluding tert-OH is 1. The number of aryl methyl sites for hydroxylation is 1. The lowest BCUT2D eigenvalue weighted by atomic mass is 10.1. The van der Waals surface area contributed by atoms with Crippen molar-refractivity contribution in [1.82, 2.24) is 10.1 Å². The molecule has 114 valence electrons. The second-order valence-electron chi connectivity index (χ2n) is 4.84. The van der Waals surface area contributed by atoms with Gasteiger partial charge in [-0.15, -0.1) is 0 Å². The molecule has 21 heavy (non-hydrogen) atoms. The summed E-state index contributed by atoms with van der Waals surface area (Å²) in [5.74, 6) is -0.152. The van der Waals surface area contributed by atoms with Crippen LogP contribution >= 0.6 is 0 Å². The lowest BCUT2D eigenvalue weighted by molar-refractivity contribution is 0.201. The zero-order chi connectivity index (χ0) is 15.3. The maximum Gasteiger partial charge on any atom is 0.241 e. The highest BCUT2D eigenvalue weighted by atomic mass is 32.2. The molecule has 1 aromatic carbocycles. The average molecular weight is 310 g/mol. The Morgan fingerprint density at radius 3 is 2.67 bits per heavy atom. The number of aliphatic hydroxyl groups is 1. The molecule has 2 rings (SSSR count). The van der Waals surface area contributed by atoms with Crippen LogP contribution in [0.1, 0.15) is 36.7 Å². The van der Waals surface area contributed by atoms with Gasteiger partial charge in [-0.1, -0.05) is 42.4 Å². The molecule has 0 aliphatic heterocycles. The van der Waals surface area contributed by atoms with Crippen molar-refractivity contribution in [2.24, 2.45) is 0 Å². The summed E-state index contributed by atoms with van der Waals surface area (Å²) in [6.45, 7) is 1.98. The van der Waals surface area contributed by atoms with Crippen molar-refractivity contribution in [3.8, 4) is 0 Å². The summed E-state index contributed by atoms with van der Waals surface area (Å²) in [5.41, 5.74) is 0.568. The van der Waals surface area contributed by atoms with Crippen molar-refractivity contribution >= 4 is 9.84 Å². The molecule has 0 aliphatic rings. The molecule has 1 heterocycles. The summed E-state index contributed by atoms with van der Waals surface area (Å²) in [5, 5.41) is 13.7. The maximum atomic E-state index is 12.1. The number of sulfone groups is 1. The lowest BCUT2D eigenvalue weighted by Crippen LogP contribution is -2.16. The molecule has 1 atom stereocenters. The number of nitrogens with zero attached hydrogens (tertiary/aromatic N) is 2. The Labute approximate surface area is 123 Å². The van der Waals surface area contributed by atoms with Crippen molar-refractivity contribution in [3.63, 3.8) is 0 Å². The van der Waals surface area contributed by atoms with Crippen LogP contribution in [0.15, 0.2) is 34.9 Å². The van der Waals surface area contributed by atoms with Gasteiger partial charge >= 0.3 is 0 Å². The van der Waals surface area contributed by atoms with Crippen LogP contribution in [0.5, 0.6) is 0 Å². The van der Waals surface area contributed by atoms with E-state index in [0.717, 1.165) is 6.42 Å². The first-order valence-electron chi connectivity index (χ1n) is 6.75. The van der Waals surface area contributed by atoms with Crippen LogP contribution in [0.4, 0.5) is 0 Å². The number of hydrogen-bond acceptors (Lipinski definition) is 6. The van der Waals surface area contributed by atoms with E-state index < -0.39 is 15.9 Å². The summed E-state index contributed by atoms with van der Waals surface area (Å²) in [6, 6.07) is 8.68. The van der Waals surface area contributed by atoms with Gasteiger partial charge in [-0.25, -0.2) is 8.42 Å². The summed E-state index contributed by atoms with van der Waals surface area (Å²) < 4.78 is 29.0. The predicted octanol–water partition coefficient (Wildman–Crippen LogP) is 1.67. The largest absolute Gasteiger partial charge is 0.387 e. The van der Waals surface area contributed by atoms with Crippen LogP contribution in [0.2, 0.25) is 0 Å². The molecular formula is C14H18N2O4S. The van der Waals surface area contributed by atoms with Gasteiger partial charge in [-0.05, 0) is 12.0 Å². The molecule has 1 aromatic heterocycles. The van der Waals surface area contributed by atoms with Gasteiger partial charge < -0.3 is 9.63 Å². The van der Waals surface area contributed by atoms with E-state index in [1.807, 2.05) is 6.92 Å². The third-order valence-corrected chi connectivity index (χ3v) is 4.43. The van der Waals surface area contributed by atoms with Gasteiger partial charge in [0.2, 0.25) is 5.89 Å². The van der Waals surface area contributed by atoms with Gasteiger partial charge in [0.15, 0.2) is 15.7 Å². The average Bonchev–Trinajstić information content (AvgIpc) is 2.86. The van der Waals surface area contributed by atoms with Crippen molar-refractivity contribution in [3.05, 3.63) is 47.6 Å². The van der Waals surface area contributed by atoms with E-state index in [9.17, 15) is 13.5 Å². The topological polar surface area (TPSA) is 93.3 Å². The van der Waals surface area contributed by atoms with Gasteiger partial charge in [0, 0.05) is 6.42 Å². The van der Waals surface area contributed by atoms with Crippen LogP contribution in [0.25, 0.3) is 0 Å². The molecule has 0 bridgehead atoms. The fraction of sp³-hybridized carbons (Fsp3) is 0.429. The molecule has 0 amide bonds. The highest BCUT2D eigenvalue weighted by Crippen LogP contribution is 2.16. The van der Waals surface area contributed by atoms with Crippen LogP contribution in [0.3, 0.4) is 0 Å². The monoisotopic (exact) mass is 310 g/mol. The predicted molar refractivity (Wildman–Crippen MR) is 77.2 cm³/mol. The van der Waals surface area contributed by atoms with Crippen molar-refractivity contribution in [2.45, 2.75) is 31.6 Å². The first-order valence-corrected chi connectivity index (χ1v) is 8.57. The number of rotatable bonds is 7. The third kappa shape index (κ3) is 4.64. The van der Waals surface area contributed by atoms with E-state index in [1.165, 1.54) is 0 Å². The van der Waals surface area contributed by atoms with E-state index in [4.69, 9.17) is 4.52 Å². The molecule has 2 aromatic rings. The minimum absolute atomic E-state index is 0.0683. The summed E-state index contributed by atoms with van der Waals surface area (Å²) in [7, 11) is -3.53. The van der Waals surface area contributed by atoms with Gasteiger partial charge in [-0.3, -0.25) is 0 Å². The Balaban J connectivity index is 2.01. The summed E-state index contributed by atoms with van der Waals surface area (Å²) in [4.78, 5) is 4.03. The van der Waals surface area contributed by atoms with E-state index in [2.05, 4.69) is 10.1 Å². The first kappa shape index (κ1) is 15.7. The lowest BCUT2D eigenvalue weighted by Gasteiger charge is -2.10. The molecule has 0 spiro atoms. The number of hydrogen-bond donors (Lipinski definition) is 1. The van der Waals surface area contributed by atoms with Gasteiger partial charge in [0.25, 0.3) is 0 Å². The van der Waals surface area contributed by atoms with E-state index in [-0.39, 0.29) is 17.4 Å². The van der Waals surface area contributed by atoms with Crippen LogP contribution in [-0.4, -0.2) is 29.4 Å². The van der Waals surface area contributed by atoms with Gasteiger partial charge in [0.05, 0.1) is 11.9 Å².